The normalized spacial score (nSPS) is 14.5. The molecule has 0 saturated carbocycles. The Kier molecular flexibility index (Phi) is 5.40. The number of nitrogens with one attached hydrogen (secondary N) is 1. The van der Waals surface area contributed by atoms with Crippen LogP contribution in [0.4, 0.5) is 17.5 Å². The molecule has 1 atom stereocenters. The molecular weight excluding hydrogens is 410 g/mol. The van der Waals surface area contributed by atoms with Crippen LogP contribution >= 0.6 is 0 Å². The van der Waals surface area contributed by atoms with Gasteiger partial charge in [0.05, 0.1) is 36.3 Å². The van der Waals surface area contributed by atoms with Gasteiger partial charge in [0.15, 0.2) is 11.5 Å². The third kappa shape index (κ3) is 3.37. The molecule has 0 unspecified atom stereocenters. The van der Waals surface area contributed by atoms with Crippen molar-refractivity contribution < 1.29 is 14.6 Å². The summed E-state index contributed by atoms with van der Waals surface area (Å²) in [6.07, 6.45) is 4.10. The van der Waals surface area contributed by atoms with Crippen LogP contribution in [0.15, 0.2) is 30.7 Å². The lowest BCUT2D eigenvalue weighted by Gasteiger charge is -2.40. The molecule has 3 heterocycles. The molecule has 0 radical (unpaired) electrons. The van der Waals surface area contributed by atoms with Gasteiger partial charge < -0.3 is 20.1 Å². The molecular formula is C22H23N7O3. The van der Waals surface area contributed by atoms with E-state index in [-0.39, 0.29) is 17.6 Å². The Morgan fingerprint density at radius 2 is 2.16 bits per heavy atom. The highest BCUT2D eigenvalue weighted by atomic mass is 16.5. The monoisotopic (exact) mass is 433 g/mol. The third-order valence-corrected chi connectivity index (χ3v) is 5.45. The Morgan fingerprint density at radius 1 is 1.38 bits per heavy atom. The number of fused-ring (bicyclic) bond motifs is 3. The minimum atomic E-state index is -1.04. The predicted molar refractivity (Wildman–Crippen MR) is 118 cm³/mol. The number of ether oxygens (including phenoxy) is 1. The first kappa shape index (κ1) is 21.1. The summed E-state index contributed by atoms with van der Waals surface area (Å²) < 4.78 is 7.22. The Balaban J connectivity index is 1.80. The lowest BCUT2D eigenvalue weighted by molar-refractivity contribution is 0.0696. The molecule has 164 valence electrons. The summed E-state index contributed by atoms with van der Waals surface area (Å²) >= 11 is 0. The van der Waals surface area contributed by atoms with E-state index in [1.165, 1.54) is 19.2 Å². The molecule has 10 nitrogen and oxygen atoms in total. The predicted octanol–water partition coefficient (Wildman–Crippen LogP) is 3.66. The van der Waals surface area contributed by atoms with Crippen molar-refractivity contribution in [3.05, 3.63) is 47.7 Å². The second-order valence-electron chi connectivity index (χ2n) is 7.63. The molecule has 2 N–H and O–H groups in total. The molecule has 3 aromatic rings. The van der Waals surface area contributed by atoms with E-state index in [1.807, 2.05) is 4.57 Å². The third-order valence-electron chi connectivity index (χ3n) is 5.45. The van der Waals surface area contributed by atoms with E-state index >= 15 is 0 Å². The standard InChI is InChI=1S/C22H23N7O3/c1-5-16-19-15(9-23)25-11-28(19)17-10-24-22(27-20(17)29(16)12(2)3)26-14-7-6-13(21(30)31)8-18(14)32-4/h6-8,10-12,16H,5H2,1-4H3,(H,30,31)(H,24,26,27)/t16-/m1/s1. The van der Waals surface area contributed by atoms with Crippen LogP contribution in [-0.4, -0.2) is 43.7 Å². The Bertz CT molecular complexity index is 1230. The SMILES string of the molecule is CC[C@@H]1c2c(C#N)ncn2-c2cnc(Nc3ccc(C(=O)O)cc3OC)nc2N1C(C)C. The largest absolute Gasteiger partial charge is 0.495 e. The van der Waals surface area contributed by atoms with Gasteiger partial charge in [-0.3, -0.25) is 4.57 Å². The van der Waals surface area contributed by atoms with Crippen molar-refractivity contribution in [3.63, 3.8) is 0 Å². The molecule has 10 heteroatoms. The molecule has 0 amide bonds. The van der Waals surface area contributed by atoms with Gasteiger partial charge in [-0.05, 0) is 38.5 Å². The van der Waals surface area contributed by atoms with Crippen LogP contribution in [0.3, 0.4) is 0 Å². The van der Waals surface area contributed by atoms with Crippen molar-refractivity contribution >= 4 is 23.4 Å². The van der Waals surface area contributed by atoms with Crippen molar-refractivity contribution in [1.82, 2.24) is 19.5 Å². The summed E-state index contributed by atoms with van der Waals surface area (Å²) in [7, 11) is 1.47. The second kappa shape index (κ2) is 8.19. The zero-order valence-electron chi connectivity index (χ0n) is 18.2. The highest BCUT2D eigenvalue weighted by molar-refractivity contribution is 5.89. The first-order valence-electron chi connectivity index (χ1n) is 10.2. The van der Waals surface area contributed by atoms with E-state index in [4.69, 9.17) is 9.72 Å². The van der Waals surface area contributed by atoms with E-state index in [1.54, 1.807) is 18.6 Å². The number of aromatic nitrogens is 4. The van der Waals surface area contributed by atoms with Gasteiger partial charge in [-0.2, -0.15) is 10.2 Å². The number of rotatable bonds is 6. The average molecular weight is 433 g/mol. The van der Waals surface area contributed by atoms with Crippen LogP contribution in [0.2, 0.25) is 0 Å². The number of methoxy groups -OCH3 is 1. The summed E-state index contributed by atoms with van der Waals surface area (Å²) in [6, 6.07) is 6.79. The number of hydrogen-bond donors (Lipinski definition) is 2. The van der Waals surface area contributed by atoms with Crippen LogP contribution in [-0.2, 0) is 0 Å². The van der Waals surface area contributed by atoms with Gasteiger partial charge in [0, 0.05) is 6.04 Å². The van der Waals surface area contributed by atoms with Crippen molar-refractivity contribution in [2.75, 3.05) is 17.3 Å². The smallest absolute Gasteiger partial charge is 0.335 e. The highest BCUT2D eigenvalue weighted by Gasteiger charge is 2.36. The summed E-state index contributed by atoms with van der Waals surface area (Å²) in [5, 5.41) is 21.9. The van der Waals surface area contributed by atoms with Gasteiger partial charge in [0.2, 0.25) is 5.95 Å². The number of carboxylic acid groups (broad SMARTS) is 1. The minimum Gasteiger partial charge on any atom is -0.495 e. The van der Waals surface area contributed by atoms with Crippen LogP contribution in [0.25, 0.3) is 5.69 Å². The van der Waals surface area contributed by atoms with E-state index in [0.717, 1.165) is 23.6 Å². The molecule has 0 fully saturated rings. The molecule has 0 saturated heterocycles. The van der Waals surface area contributed by atoms with Crippen molar-refractivity contribution in [3.8, 4) is 17.5 Å². The van der Waals surface area contributed by atoms with Crippen LogP contribution in [0, 0.1) is 11.3 Å². The number of anilines is 3. The zero-order chi connectivity index (χ0) is 23.0. The number of nitriles is 1. The molecule has 4 rings (SSSR count). The number of aromatic carboxylic acids is 1. The van der Waals surface area contributed by atoms with Gasteiger partial charge in [0.1, 0.15) is 23.8 Å². The first-order valence-corrected chi connectivity index (χ1v) is 10.2. The zero-order valence-corrected chi connectivity index (χ0v) is 18.2. The van der Waals surface area contributed by atoms with E-state index < -0.39 is 5.97 Å². The minimum absolute atomic E-state index is 0.0632. The number of carboxylic acids is 1. The summed E-state index contributed by atoms with van der Waals surface area (Å²) in [4.78, 5) is 26.9. The summed E-state index contributed by atoms with van der Waals surface area (Å²) in [5.74, 6) is 0.398. The van der Waals surface area contributed by atoms with Crippen LogP contribution in [0.5, 0.6) is 5.75 Å². The highest BCUT2D eigenvalue weighted by Crippen LogP contribution is 2.41. The van der Waals surface area contributed by atoms with Gasteiger partial charge >= 0.3 is 5.97 Å². The van der Waals surface area contributed by atoms with E-state index in [0.29, 0.717) is 23.1 Å². The summed E-state index contributed by atoms with van der Waals surface area (Å²) in [5.41, 5.74) is 2.65. The molecule has 1 aliphatic heterocycles. The molecule has 32 heavy (non-hydrogen) atoms. The molecule has 0 aliphatic carbocycles. The molecule has 1 aliphatic rings. The first-order chi connectivity index (χ1) is 15.4. The van der Waals surface area contributed by atoms with E-state index in [2.05, 4.69) is 47.0 Å². The molecule has 0 spiro atoms. The number of benzene rings is 1. The average Bonchev–Trinajstić information content (AvgIpc) is 3.22. The number of imidazole rings is 1. The number of carbonyl (C=O) groups is 1. The number of hydrogen-bond acceptors (Lipinski definition) is 8. The van der Waals surface area contributed by atoms with Gasteiger partial charge in [0.25, 0.3) is 0 Å². The van der Waals surface area contributed by atoms with E-state index in [9.17, 15) is 15.2 Å². The second-order valence-corrected chi connectivity index (χ2v) is 7.63. The van der Waals surface area contributed by atoms with Gasteiger partial charge in [-0.15, -0.1) is 0 Å². The quantitative estimate of drug-likeness (QED) is 0.598. The molecule has 0 bridgehead atoms. The van der Waals surface area contributed by atoms with Crippen molar-refractivity contribution in [2.24, 2.45) is 0 Å². The maximum absolute atomic E-state index is 11.2. The topological polar surface area (TPSA) is 129 Å². The fourth-order valence-corrected chi connectivity index (χ4v) is 4.06. The maximum atomic E-state index is 11.2. The van der Waals surface area contributed by atoms with Gasteiger partial charge in [-0.25, -0.2) is 14.8 Å². The fraction of sp³-hybridized carbons (Fsp3) is 0.318. The Hall–Kier alpha value is -4.13. The maximum Gasteiger partial charge on any atom is 0.335 e. The van der Waals surface area contributed by atoms with Crippen LogP contribution in [0.1, 0.15) is 55.0 Å². The molecule has 1 aromatic carbocycles. The lowest BCUT2D eigenvalue weighted by Crippen LogP contribution is -2.40. The van der Waals surface area contributed by atoms with Gasteiger partial charge in [-0.1, -0.05) is 6.92 Å². The Labute approximate surface area is 185 Å². The lowest BCUT2D eigenvalue weighted by atomic mass is 10.0. The van der Waals surface area contributed by atoms with Crippen molar-refractivity contribution in [1.29, 1.82) is 5.26 Å². The van der Waals surface area contributed by atoms with Crippen LogP contribution < -0.4 is 15.0 Å². The number of nitrogens with zero attached hydrogens (tertiary/aromatic N) is 6. The fourth-order valence-electron chi connectivity index (χ4n) is 4.06. The Morgan fingerprint density at radius 3 is 2.78 bits per heavy atom. The van der Waals surface area contributed by atoms with Crippen molar-refractivity contribution in [2.45, 2.75) is 39.3 Å². The molecule has 2 aromatic heterocycles. The summed E-state index contributed by atoms with van der Waals surface area (Å²) in [6.45, 7) is 6.22.